The van der Waals surface area contributed by atoms with E-state index in [0.29, 0.717) is 0 Å². The number of aromatic hydroxyl groups is 1. The number of carbonyl (C=O) groups excluding carboxylic acids is 1. The third-order valence-electron chi connectivity index (χ3n) is 2.38. The quantitative estimate of drug-likeness (QED) is 0.883. The molecule has 0 atom stereocenters. The fourth-order valence-electron chi connectivity index (χ4n) is 1.46. The molecule has 0 heterocycles. The molecule has 2 aromatic carbocycles. The molecule has 0 aliphatic heterocycles. The Labute approximate surface area is 116 Å². The lowest BCUT2D eigenvalue weighted by Crippen LogP contribution is -2.12. The first kappa shape index (κ1) is 13.5. The summed E-state index contributed by atoms with van der Waals surface area (Å²) in [4.78, 5) is 11.8. The number of nitrogens with one attached hydrogen (secondary N) is 1. The average Bonchev–Trinajstić information content (AvgIpc) is 2.36. The number of halogens is 3. The summed E-state index contributed by atoms with van der Waals surface area (Å²) in [6.45, 7) is 0. The predicted molar refractivity (Wildman–Crippen MR) is 70.1 cm³/mol. The van der Waals surface area contributed by atoms with E-state index >= 15 is 0 Å². The van der Waals surface area contributed by atoms with Crippen LogP contribution in [0.1, 0.15) is 10.4 Å². The van der Waals surface area contributed by atoms with Gasteiger partial charge in [-0.05, 0) is 52.3 Å². The summed E-state index contributed by atoms with van der Waals surface area (Å²) in [5.74, 6) is -2.26. The molecule has 0 aliphatic carbocycles. The molecular weight excluding hydrogens is 320 g/mol. The summed E-state index contributed by atoms with van der Waals surface area (Å²) in [5.41, 5.74) is -0.0160. The first-order chi connectivity index (χ1) is 8.97. The number of carbonyl (C=O) groups is 1. The molecule has 2 aromatic rings. The molecule has 3 nitrogen and oxygen atoms in total. The monoisotopic (exact) mass is 327 g/mol. The van der Waals surface area contributed by atoms with Gasteiger partial charge in [-0.3, -0.25) is 4.79 Å². The Morgan fingerprint density at radius 2 is 1.89 bits per heavy atom. The van der Waals surface area contributed by atoms with Crippen LogP contribution < -0.4 is 5.32 Å². The minimum atomic E-state index is -0.723. The molecule has 0 radical (unpaired) electrons. The van der Waals surface area contributed by atoms with E-state index in [4.69, 9.17) is 0 Å². The highest BCUT2D eigenvalue weighted by Crippen LogP contribution is 2.22. The highest BCUT2D eigenvalue weighted by Gasteiger charge is 2.13. The fourth-order valence-corrected chi connectivity index (χ4v) is 1.71. The van der Waals surface area contributed by atoms with Crippen LogP contribution in [0.2, 0.25) is 0 Å². The first-order valence-electron chi connectivity index (χ1n) is 5.22. The van der Waals surface area contributed by atoms with Gasteiger partial charge in [0.1, 0.15) is 17.4 Å². The van der Waals surface area contributed by atoms with Gasteiger partial charge in [0.2, 0.25) is 0 Å². The van der Waals surface area contributed by atoms with Crippen molar-refractivity contribution in [3.8, 4) is 5.75 Å². The van der Waals surface area contributed by atoms with Crippen molar-refractivity contribution in [1.82, 2.24) is 0 Å². The predicted octanol–water partition coefficient (Wildman–Crippen LogP) is 3.69. The topological polar surface area (TPSA) is 49.3 Å². The van der Waals surface area contributed by atoms with Crippen molar-refractivity contribution < 1.29 is 18.7 Å². The Bertz CT molecular complexity index is 647. The third kappa shape index (κ3) is 3.08. The van der Waals surface area contributed by atoms with Crippen LogP contribution in [0.5, 0.6) is 5.75 Å². The molecule has 0 saturated heterocycles. The van der Waals surface area contributed by atoms with E-state index in [1.807, 2.05) is 0 Å². The van der Waals surface area contributed by atoms with Crippen LogP contribution in [0.15, 0.2) is 40.9 Å². The molecule has 2 N–H and O–H groups in total. The second-order valence-corrected chi connectivity index (χ2v) is 4.60. The summed E-state index contributed by atoms with van der Waals surface area (Å²) in [7, 11) is 0. The summed E-state index contributed by atoms with van der Waals surface area (Å²) < 4.78 is 26.5. The average molecular weight is 328 g/mol. The van der Waals surface area contributed by atoms with Gasteiger partial charge in [0.05, 0.1) is 10.0 Å². The minimum Gasteiger partial charge on any atom is -0.507 e. The van der Waals surface area contributed by atoms with Crippen molar-refractivity contribution in [1.29, 1.82) is 0 Å². The number of benzene rings is 2. The molecule has 0 unspecified atom stereocenters. The van der Waals surface area contributed by atoms with Crippen molar-refractivity contribution in [3.63, 3.8) is 0 Å². The first-order valence-corrected chi connectivity index (χ1v) is 6.01. The molecule has 0 saturated carbocycles. The van der Waals surface area contributed by atoms with Crippen molar-refractivity contribution in [2.24, 2.45) is 0 Å². The van der Waals surface area contributed by atoms with Crippen molar-refractivity contribution in [3.05, 3.63) is 58.1 Å². The summed E-state index contributed by atoms with van der Waals surface area (Å²) in [5, 5.41) is 11.8. The van der Waals surface area contributed by atoms with Gasteiger partial charge in [0, 0.05) is 5.69 Å². The Hall–Kier alpha value is -1.95. The molecule has 6 heteroatoms. The maximum atomic E-state index is 13.3. The van der Waals surface area contributed by atoms with E-state index in [9.17, 15) is 18.7 Å². The zero-order valence-corrected chi connectivity index (χ0v) is 11.0. The van der Waals surface area contributed by atoms with E-state index in [0.717, 1.165) is 24.3 Å². The zero-order valence-electron chi connectivity index (χ0n) is 9.45. The van der Waals surface area contributed by atoms with E-state index in [1.165, 1.54) is 12.1 Å². The maximum Gasteiger partial charge on any atom is 0.259 e. The van der Waals surface area contributed by atoms with Crippen molar-refractivity contribution in [2.45, 2.75) is 0 Å². The zero-order chi connectivity index (χ0) is 14.0. The molecule has 98 valence electrons. The molecule has 0 bridgehead atoms. The maximum absolute atomic E-state index is 13.3. The fraction of sp³-hybridized carbons (Fsp3) is 0. The van der Waals surface area contributed by atoms with Gasteiger partial charge in [0.25, 0.3) is 5.91 Å². The highest BCUT2D eigenvalue weighted by molar-refractivity contribution is 9.10. The molecule has 0 spiro atoms. The van der Waals surface area contributed by atoms with Crippen LogP contribution in [0.4, 0.5) is 14.5 Å². The number of amides is 1. The lowest BCUT2D eigenvalue weighted by Gasteiger charge is -2.07. The van der Waals surface area contributed by atoms with Gasteiger partial charge in [-0.15, -0.1) is 0 Å². The van der Waals surface area contributed by atoms with Crippen LogP contribution in [0.3, 0.4) is 0 Å². The van der Waals surface area contributed by atoms with Gasteiger partial charge >= 0.3 is 0 Å². The lowest BCUT2D eigenvalue weighted by atomic mass is 10.1. The Balaban J connectivity index is 2.25. The SMILES string of the molecule is O=C(Nc1ccc(Br)c(F)c1)c1cc(F)ccc1O. The molecule has 19 heavy (non-hydrogen) atoms. The lowest BCUT2D eigenvalue weighted by molar-refractivity contribution is 0.102. The van der Waals surface area contributed by atoms with E-state index in [1.54, 1.807) is 0 Å². The summed E-state index contributed by atoms with van der Waals surface area (Å²) in [6, 6.07) is 7.02. The second kappa shape index (κ2) is 5.36. The van der Waals surface area contributed by atoms with Crippen LogP contribution in [-0.4, -0.2) is 11.0 Å². The van der Waals surface area contributed by atoms with Gasteiger partial charge < -0.3 is 10.4 Å². The molecule has 0 aromatic heterocycles. The standard InChI is InChI=1S/C13H8BrF2NO2/c14-10-3-2-8(6-11(10)16)17-13(19)9-5-7(15)1-4-12(9)18/h1-6,18H,(H,17,19). The van der Waals surface area contributed by atoms with E-state index in [2.05, 4.69) is 21.2 Å². The van der Waals surface area contributed by atoms with Crippen LogP contribution in [-0.2, 0) is 0 Å². The number of rotatable bonds is 2. The molecule has 0 fully saturated rings. The normalized spacial score (nSPS) is 10.3. The second-order valence-electron chi connectivity index (χ2n) is 3.74. The highest BCUT2D eigenvalue weighted by atomic mass is 79.9. The van der Waals surface area contributed by atoms with Gasteiger partial charge in [-0.25, -0.2) is 8.78 Å². The van der Waals surface area contributed by atoms with Crippen LogP contribution in [0.25, 0.3) is 0 Å². The Kier molecular flexibility index (Phi) is 3.80. The number of phenols is 1. The van der Waals surface area contributed by atoms with E-state index in [-0.39, 0.29) is 21.5 Å². The molecular formula is C13H8BrF2NO2. The van der Waals surface area contributed by atoms with Gasteiger partial charge in [0.15, 0.2) is 0 Å². The Morgan fingerprint density at radius 3 is 2.58 bits per heavy atom. The largest absolute Gasteiger partial charge is 0.507 e. The van der Waals surface area contributed by atoms with Crippen molar-refractivity contribution in [2.75, 3.05) is 5.32 Å². The smallest absolute Gasteiger partial charge is 0.259 e. The minimum absolute atomic E-state index is 0.203. The number of hydrogen-bond acceptors (Lipinski definition) is 2. The molecule has 0 aliphatic rings. The summed E-state index contributed by atoms with van der Waals surface area (Å²) >= 11 is 2.98. The summed E-state index contributed by atoms with van der Waals surface area (Å²) in [6.07, 6.45) is 0. The molecule has 2 rings (SSSR count). The van der Waals surface area contributed by atoms with E-state index < -0.39 is 17.5 Å². The Morgan fingerprint density at radius 1 is 1.16 bits per heavy atom. The number of hydrogen-bond donors (Lipinski definition) is 2. The number of phenolic OH excluding ortho intramolecular Hbond substituents is 1. The van der Waals surface area contributed by atoms with Crippen LogP contribution >= 0.6 is 15.9 Å². The number of anilines is 1. The van der Waals surface area contributed by atoms with Crippen molar-refractivity contribution >= 4 is 27.5 Å². The molecule has 1 amide bonds. The van der Waals surface area contributed by atoms with Gasteiger partial charge in [-0.2, -0.15) is 0 Å². The third-order valence-corrected chi connectivity index (χ3v) is 3.02. The van der Waals surface area contributed by atoms with Gasteiger partial charge in [-0.1, -0.05) is 0 Å². The van der Waals surface area contributed by atoms with Crippen LogP contribution in [0, 0.1) is 11.6 Å².